The highest BCUT2D eigenvalue weighted by molar-refractivity contribution is 6.00. The van der Waals surface area contributed by atoms with Crippen molar-refractivity contribution in [2.24, 2.45) is 0 Å². The van der Waals surface area contributed by atoms with E-state index in [0.29, 0.717) is 0 Å². The van der Waals surface area contributed by atoms with Crippen LogP contribution in [0.5, 0.6) is 0 Å². The lowest BCUT2D eigenvalue weighted by Gasteiger charge is -2.11. The third kappa shape index (κ3) is 8.81. The average Bonchev–Trinajstić information content (AvgIpc) is 2.75. The summed E-state index contributed by atoms with van der Waals surface area (Å²) in [6.07, 6.45) is 11.3. The molecule has 2 aromatic carbocycles. The van der Waals surface area contributed by atoms with Crippen LogP contribution in [0, 0.1) is 6.92 Å². The van der Waals surface area contributed by atoms with E-state index in [-0.39, 0.29) is 12.6 Å². The second-order valence-electron chi connectivity index (χ2n) is 7.89. The quantitative estimate of drug-likeness (QED) is 0.334. The fourth-order valence-corrected chi connectivity index (χ4v) is 3.60. The first-order valence-corrected chi connectivity index (χ1v) is 11.2. The first kappa shape index (κ1) is 23.1. The molecule has 0 aliphatic rings. The minimum Gasteiger partial charge on any atom is -0.352 e. The maximum absolute atomic E-state index is 12.7. The van der Waals surface area contributed by atoms with Crippen molar-refractivity contribution < 1.29 is 9.18 Å². The van der Waals surface area contributed by atoms with Gasteiger partial charge >= 0.3 is 0 Å². The number of amides is 1. The zero-order valence-electron chi connectivity index (χ0n) is 17.9. The minimum absolute atomic E-state index is 0.00875. The molecule has 2 rings (SSSR count). The molecule has 0 fully saturated rings. The molecule has 0 aromatic heterocycles. The van der Waals surface area contributed by atoms with Crippen molar-refractivity contribution in [2.75, 3.05) is 13.2 Å². The second kappa shape index (κ2) is 13.9. The molecular weight excluding hydrogens is 361 g/mol. The molecule has 0 saturated heterocycles. The molecule has 0 saturated carbocycles. The highest BCUT2D eigenvalue weighted by Crippen LogP contribution is 2.24. The zero-order valence-corrected chi connectivity index (χ0v) is 17.9. The Morgan fingerprint density at radius 3 is 1.93 bits per heavy atom. The second-order valence-corrected chi connectivity index (χ2v) is 7.89. The number of halogens is 1. The molecule has 1 amide bonds. The smallest absolute Gasteiger partial charge is 0.251 e. The van der Waals surface area contributed by atoms with Crippen molar-refractivity contribution in [2.45, 2.75) is 71.1 Å². The van der Waals surface area contributed by atoms with Crippen LogP contribution in [-0.2, 0) is 0 Å². The number of hydrogen-bond donors (Lipinski definition) is 1. The number of rotatable bonds is 14. The van der Waals surface area contributed by atoms with Crippen molar-refractivity contribution in [1.82, 2.24) is 5.32 Å². The fraction of sp³-hybridized carbons (Fsp3) is 0.500. The number of benzene rings is 2. The Morgan fingerprint density at radius 2 is 1.31 bits per heavy atom. The van der Waals surface area contributed by atoms with Crippen LogP contribution in [0.1, 0.15) is 80.1 Å². The summed E-state index contributed by atoms with van der Waals surface area (Å²) in [5, 5.41) is 3.08. The van der Waals surface area contributed by atoms with E-state index in [0.717, 1.165) is 48.9 Å². The number of nitrogens with one attached hydrogen (secondary N) is 1. The van der Waals surface area contributed by atoms with Gasteiger partial charge in [0.25, 0.3) is 5.91 Å². The Balaban J connectivity index is 1.63. The number of alkyl halides is 1. The predicted molar refractivity (Wildman–Crippen MR) is 121 cm³/mol. The van der Waals surface area contributed by atoms with E-state index in [4.69, 9.17) is 0 Å². The zero-order chi connectivity index (χ0) is 20.7. The summed E-state index contributed by atoms with van der Waals surface area (Å²) in [6, 6.07) is 16.1. The molecule has 2 nitrogen and oxygen atoms in total. The lowest BCUT2D eigenvalue weighted by Crippen LogP contribution is -2.25. The molecule has 0 spiro atoms. The van der Waals surface area contributed by atoms with Gasteiger partial charge in [0.05, 0.1) is 6.67 Å². The molecule has 0 bridgehead atoms. The van der Waals surface area contributed by atoms with Crippen LogP contribution in [0.25, 0.3) is 11.1 Å². The minimum atomic E-state index is -0.173. The van der Waals surface area contributed by atoms with Gasteiger partial charge in [0.15, 0.2) is 0 Å². The lowest BCUT2D eigenvalue weighted by atomic mass is 9.98. The molecule has 0 radical (unpaired) electrons. The first-order chi connectivity index (χ1) is 14.2. The van der Waals surface area contributed by atoms with E-state index in [1.165, 1.54) is 44.1 Å². The summed E-state index contributed by atoms with van der Waals surface area (Å²) in [5.74, 6) is 0.00875. The molecule has 3 heteroatoms. The van der Waals surface area contributed by atoms with Gasteiger partial charge in [-0.15, -0.1) is 0 Å². The highest BCUT2D eigenvalue weighted by atomic mass is 19.1. The van der Waals surface area contributed by atoms with Crippen LogP contribution >= 0.6 is 0 Å². The maximum atomic E-state index is 12.7. The van der Waals surface area contributed by atoms with Gasteiger partial charge in [-0.1, -0.05) is 99.4 Å². The Labute approximate surface area is 175 Å². The summed E-state index contributed by atoms with van der Waals surface area (Å²) in [5.41, 5.74) is 4.01. The molecule has 0 aliphatic heterocycles. The topological polar surface area (TPSA) is 29.1 Å². The SMILES string of the molecule is Cc1ccc(-c2ccccc2C(=O)NCCCCCCCCCCCCF)cc1. The number of carbonyl (C=O) groups is 1. The van der Waals surface area contributed by atoms with Crippen molar-refractivity contribution in [3.05, 3.63) is 59.7 Å². The van der Waals surface area contributed by atoms with Crippen LogP contribution < -0.4 is 5.32 Å². The number of unbranched alkanes of at least 4 members (excludes halogenated alkanes) is 9. The molecule has 0 aliphatic carbocycles. The Hall–Kier alpha value is -2.16. The van der Waals surface area contributed by atoms with Gasteiger partial charge in [-0.05, 0) is 37.0 Å². The maximum Gasteiger partial charge on any atom is 0.251 e. The Bertz CT molecular complexity index is 711. The van der Waals surface area contributed by atoms with E-state index < -0.39 is 0 Å². The first-order valence-electron chi connectivity index (χ1n) is 11.2. The summed E-state index contributed by atoms with van der Waals surface area (Å²) in [6.45, 7) is 2.62. The van der Waals surface area contributed by atoms with Gasteiger partial charge < -0.3 is 5.32 Å². The van der Waals surface area contributed by atoms with Crippen LogP contribution in [0.3, 0.4) is 0 Å². The van der Waals surface area contributed by atoms with Gasteiger partial charge in [-0.3, -0.25) is 9.18 Å². The largest absolute Gasteiger partial charge is 0.352 e. The highest BCUT2D eigenvalue weighted by Gasteiger charge is 2.11. The lowest BCUT2D eigenvalue weighted by molar-refractivity contribution is 0.0953. The molecule has 158 valence electrons. The summed E-state index contributed by atoms with van der Waals surface area (Å²) in [7, 11) is 0. The molecule has 2 aromatic rings. The molecule has 0 atom stereocenters. The summed E-state index contributed by atoms with van der Waals surface area (Å²) < 4.78 is 12.0. The van der Waals surface area contributed by atoms with E-state index in [1.807, 2.05) is 24.3 Å². The summed E-state index contributed by atoms with van der Waals surface area (Å²) in [4.78, 5) is 12.7. The molecule has 1 N–H and O–H groups in total. The fourth-order valence-electron chi connectivity index (χ4n) is 3.60. The third-order valence-electron chi connectivity index (χ3n) is 5.38. The molecule has 29 heavy (non-hydrogen) atoms. The van der Waals surface area contributed by atoms with Crippen molar-refractivity contribution >= 4 is 5.91 Å². The predicted octanol–water partition coefficient (Wildman–Crippen LogP) is 7.26. The normalized spacial score (nSPS) is 10.8. The van der Waals surface area contributed by atoms with Crippen molar-refractivity contribution in [3.63, 3.8) is 0 Å². The van der Waals surface area contributed by atoms with Crippen LogP contribution in [0.4, 0.5) is 4.39 Å². The van der Waals surface area contributed by atoms with E-state index in [1.54, 1.807) is 0 Å². The number of hydrogen-bond acceptors (Lipinski definition) is 1. The monoisotopic (exact) mass is 397 g/mol. The van der Waals surface area contributed by atoms with E-state index >= 15 is 0 Å². The van der Waals surface area contributed by atoms with Crippen molar-refractivity contribution in [3.8, 4) is 11.1 Å². The van der Waals surface area contributed by atoms with Crippen LogP contribution in [0.15, 0.2) is 48.5 Å². The van der Waals surface area contributed by atoms with E-state index in [9.17, 15) is 9.18 Å². The van der Waals surface area contributed by atoms with Crippen LogP contribution in [0.2, 0.25) is 0 Å². The average molecular weight is 398 g/mol. The van der Waals surface area contributed by atoms with Gasteiger partial charge in [0.2, 0.25) is 0 Å². The van der Waals surface area contributed by atoms with Gasteiger partial charge in [0, 0.05) is 12.1 Å². The standard InChI is InChI=1S/C26H36FNO/c1-22-16-18-23(19-17-22)24-14-10-11-15-25(24)26(29)28-21-13-9-7-5-3-2-4-6-8-12-20-27/h10-11,14-19H,2-9,12-13,20-21H2,1H3,(H,28,29). The van der Waals surface area contributed by atoms with Crippen molar-refractivity contribution in [1.29, 1.82) is 0 Å². The molecule has 0 unspecified atom stereocenters. The molecular formula is C26H36FNO. The molecule has 0 heterocycles. The third-order valence-corrected chi connectivity index (χ3v) is 5.38. The summed E-state index contributed by atoms with van der Waals surface area (Å²) >= 11 is 0. The van der Waals surface area contributed by atoms with Gasteiger partial charge in [-0.2, -0.15) is 0 Å². The Kier molecular flexibility index (Phi) is 11.1. The number of aryl methyl sites for hydroxylation is 1. The van der Waals surface area contributed by atoms with Crippen LogP contribution in [-0.4, -0.2) is 19.1 Å². The van der Waals surface area contributed by atoms with E-state index in [2.05, 4.69) is 36.5 Å². The number of carbonyl (C=O) groups excluding carboxylic acids is 1. The van der Waals surface area contributed by atoms with Gasteiger partial charge in [0.1, 0.15) is 0 Å². The Morgan fingerprint density at radius 1 is 0.759 bits per heavy atom. The van der Waals surface area contributed by atoms with Gasteiger partial charge in [-0.25, -0.2) is 0 Å².